The Morgan fingerprint density at radius 3 is 1.33 bits per heavy atom. The summed E-state index contributed by atoms with van der Waals surface area (Å²) >= 11 is 0. The van der Waals surface area contributed by atoms with Crippen LogP contribution in [0.3, 0.4) is 0 Å². The van der Waals surface area contributed by atoms with Crippen molar-refractivity contribution in [2.45, 2.75) is 92.4 Å². The van der Waals surface area contributed by atoms with E-state index in [2.05, 4.69) is 87.4 Å². The molecule has 0 saturated carbocycles. The molecule has 0 saturated heterocycles. The zero-order chi connectivity index (χ0) is 16.6. The smallest absolute Gasteiger partial charge is 0.0116 e. The molecule has 0 spiro atoms. The summed E-state index contributed by atoms with van der Waals surface area (Å²) in [4.78, 5) is 0. The van der Waals surface area contributed by atoms with Gasteiger partial charge in [-0.05, 0) is 45.3 Å². The second-order valence-electron chi connectivity index (χ2n) is 9.67. The molecule has 120 valence electrons. The van der Waals surface area contributed by atoms with E-state index in [0.717, 1.165) is 0 Å². The largest absolute Gasteiger partial charge is 0.0648 e. The van der Waals surface area contributed by atoms with Crippen molar-refractivity contribution in [1.82, 2.24) is 0 Å². The Morgan fingerprint density at radius 1 is 0.714 bits per heavy atom. The number of rotatable bonds is 2. The van der Waals surface area contributed by atoms with E-state index in [9.17, 15) is 0 Å². The molecule has 0 amide bonds. The van der Waals surface area contributed by atoms with Gasteiger partial charge in [0.25, 0.3) is 0 Å². The average Bonchev–Trinajstić information content (AvgIpc) is 2.25. The Hall–Kier alpha value is -0.780. The molecule has 21 heavy (non-hydrogen) atoms. The summed E-state index contributed by atoms with van der Waals surface area (Å²) < 4.78 is 0. The maximum atomic E-state index is 2.45. The summed E-state index contributed by atoms with van der Waals surface area (Å²) in [7, 11) is 0. The maximum absolute atomic E-state index is 2.45. The minimum Gasteiger partial charge on any atom is -0.0648 e. The van der Waals surface area contributed by atoms with E-state index in [1.54, 1.807) is 0 Å². The molecule has 0 heterocycles. The number of hydrogen-bond acceptors (Lipinski definition) is 0. The second-order valence-corrected chi connectivity index (χ2v) is 9.67. The lowest BCUT2D eigenvalue weighted by Crippen LogP contribution is -2.21. The lowest BCUT2D eigenvalue weighted by molar-refractivity contribution is 0.312. The van der Waals surface area contributed by atoms with E-state index in [-0.39, 0.29) is 10.8 Å². The Morgan fingerprint density at radius 2 is 1.10 bits per heavy atom. The van der Waals surface area contributed by atoms with Gasteiger partial charge in [0.1, 0.15) is 0 Å². The zero-order valence-corrected chi connectivity index (χ0v) is 16.0. The van der Waals surface area contributed by atoms with E-state index in [1.807, 2.05) is 0 Å². The molecule has 0 aliphatic heterocycles. The zero-order valence-electron chi connectivity index (χ0n) is 16.0. The van der Waals surface area contributed by atoms with Gasteiger partial charge in [-0.15, -0.1) is 0 Å². The van der Waals surface area contributed by atoms with Gasteiger partial charge >= 0.3 is 0 Å². The first kappa shape index (κ1) is 18.3. The lowest BCUT2D eigenvalue weighted by Gasteiger charge is -2.33. The molecule has 0 bridgehead atoms. The molecule has 1 aromatic rings. The van der Waals surface area contributed by atoms with E-state index in [1.165, 1.54) is 23.1 Å². The first-order valence-electron chi connectivity index (χ1n) is 8.42. The van der Waals surface area contributed by atoms with E-state index >= 15 is 0 Å². The van der Waals surface area contributed by atoms with Crippen molar-refractivity contribution in [1.29, 1.82) is 0 Å². The highest BCUT2D eigenvalue weighted by molar-refractivity contribution is 5.39. The van der Waals surface area contributed by atoms with E-state index in [0.29, 0.717) is 11.3 Å². The SMILES string of the molecule is CCC(c1cc(C(C)(C)C)cc(C(C)(C)C)c1)C(C)(C)C. The molecule has 0 heteroatoms. The topological polar surface area (TPSA) is 0 Å². The van der Waals surface area contributed by atoms with Gasteiger partial charge in [-0.25, -0.2) is 0 Å². The van der Waals surface area contributed by atoms with Crippen LogP contribution in [-0.4, -0.2) is 0 Å². The van der Waals surface area contributed by atoms with Crippen LogP contribution in [0.5, 0.6) is 0 Å². The highest BCUT2D eigenvalue weighted by atomic mass is 14.3. The van der Waals surface area contributed by atoms with Crippen LogP contribution >= 0.6 is 0 Å². The van der Waals surface area contributed by atoms with Crippen molar-refractivity contribution in [2.75, 3.05) is 0 Å². The molecule has 1 aromatic carbocycles. The second kappa shape index (κ2) is 5.78. The summed E-state index contributed by atoms with van der Waals surface area (Å²) in [5.74, 6) is 0.612. The van der Waals surface area contributed by atoms with Crippen LogP contribution in [0.15, 0.2) is 18.2 Å². The Balaban J connectivity index is 3.52. The van der Waals surface area contributed by atoms with E-state index in [4.69, 9.17) is 0 Å². The molecule has 0 aliphatic rings. The summed E-state index contributed by atoms with van der Waals surface area (Å²) in [6.07, 6.45) is 1.20. The Bertz CT molecular complexity index is 440. The fourth-order valence-corrected chi connectivity index (χ4v) is 3.07. The van der Waals surface area contributed by atoms with Crippen molar-refractivity contribution in [3.8, 4) is 0 Å². The minimum atomic E-state index is 0.201. The molecule has 1 rings (SSSR count). The summed E-state index contributed by atoms with van der Waals surface area (Å²) in [6, 6.07) is 7.32. The van der Waals surface area contributed by atoms with Gasteiger partial charge in [0.15, 0.2) is 0 Å². The fraction of sp³-hybridized carbons (Fsp3) is 0.714. The van der Waals surface area contributed by atoms with Gasteiger partial charge in [-0.3, -0.25) is 0 Å². The molecule has 0 aliphatic carbocycles. The molecule has 0 radical (unpaired) electrons. The molecule has 0 fully saturated rings. The number of hydrogen-bond donors (Lipinski definition) is 0. The van der Waals surface area contributed by atoms with E-state index < -0.39 is 0 Å². The van der Waals surface area contributed by atoms with Crippen molar-refractivity contribution in [2.24, 2.45) is 5.41 Å². The van der Waals surface area contributed by atoms with Gasteiger partial charge in [0.2, 0.25) is 0 Å². The van der Waals surface area contributed by atoms with Crippen molar-refractivity contribution < 1.29 is 0 Å². The first-order valence-corrected chi connectivity index (χ1v) is 8.42. The van der Waals surface area contributed by atoms with Crippen LogP contribution in [0.1, 0.15) is 98.3 Å². The molecule has 1 unspecified atom stereocenters. The fourth-order valence-electron chi connectivity index (χ4n) is 3.07. The molecule has 1 atom stereocenters. The average molecular weight is 289 g/mol. The third-order valence-corrected chi connectivity index (χ3v) is 4.54. The van der Waals surface area contributed by atoms with Crippen molar-refractivity contribution >= 4 is 0 Å². The molecule has 0 nitrogen and oxygen atoms in total. The minimum absolute atomic E-state index is 0.201. The Labute approximate surface area is 133 Å². The monoisotopic (exact) mass is 288 g/mol. The maximum Gasteiger partial charge on any atom is -0.0116 e. The van der Waals surface area contributed by atoms with Crippen LogP contribution in [0.25, 0.3) is 0 Å². The molecule has 0 aromatic heterocycles. The summed E-state index contributed by atoms with van der Waals surface area (Å²) in [5.41, 5.74) is 5.15. The third-order valence-electron chi connectivity index (χ3n) is 4.54. The van der Waals surface area contributed by atoms with Crippen LogP contribution in [0.2, 0.25) is 0 Å². The summed E-state index contributed by atoms with van der Waals surface area (Å²) in [5, 5.41) is 0. The van der Waals surface area contributed by atoms with Gasteiger partial charge < -0.3 is 0 Å². The Kier molecular flexibility index (Phi) is 5.03. The normalized spacial score (nSPS) is 15.1. The summed E-state index contributed by atoms with van der Waals surface area (Å²) in [6.45, 7) is 23.3. The number of benzene rings is 1. The molecular weight excluding hydrogens is 252 g/mol. The predicted molar refractivity (Wildman–Crippen MR) is 96.3 cm³/mol. The van der Waals surface area contributed by atoms with Crippen molar-refractivity contribution in [3.05, 3.63) is 34.9 Å². The predicted octanol–water partition coefficient (Wildman–Crippen LogP) is 6.82. The molecule has 0 N–H and O–H groups in total. The van der Waals surface area contributed by atoms with Gasteiger partial charge in [0.05, 0.1) is 0 Å². The first-order chi connectivity index (χ1) is 9.26. The third kappa shape index (κ3) is 4.59. The van der Waals surface area contributed by atoms with Gasteiger partial charge in [-0.1, -0.05) is 87.4 Å². The van der Waals surface area contributed by atoms with Crippen LogP contribution in [0.4, 0.5) is 0 Å². The highest BCUT2D eigenvalue weighted by Crippen LogP contribution is 2.40. The van der Waals surface area contributed by atoms with Crippen molar-refractivity contribution in [3.63, 3.8) is 0 Å². The van der Waals surface area contributed by atoms with Crippen LogP contribution in [0, 0.1) is 5.41 Å². The van der Waals surface area contributed by atoms with Crippen LogP contribution < -0.4 is 0 Å². The van der Waals surface area contributed by atoms with Gasteiger partial charge in [0, 0.05) is 0 Å². The van der Waals surface area contributed by atoms with Gasteiger partial charge in [-0.2, -0.15) is 0 Å². The standard InChI is InChI=1S/C21H36/c1-11-18(21(8,9)10)15-12-16(19(2,3)4)14-17(13-15)20(5,6)7/h12-14,18H,11H2,1-10H3. The lowest BCUT2D eigenvalue weighted by atomic mass is 9.71. The quantitative estimate of drug-likeness (QED) is 0.560. The highest BCUT2D eigenvalue weighted by Gasteiger charge is 2.28. The van der Waals surface area contributed by atoms with Crippen LogP contribution in [-0.2, 0) is 10.8 Å². The molecular formula is C21H36.